The van der Waals surface area contributed by atoms with Crippen LogP contribution in [0.4, 0.5) is 29.6 Å². The van der Waals surface area contributed by atoms with Gasteiger partial charge in [0.15, 0.2) is 11.6 Å². The Morgan fingerprint density at radius 2 is 1.78 bits per heavy atom. The van der Waals surface area contributed by atoms with Gasteiger partial charge >= 0.3 is 12.2 Å². The summed E-state index contributed by atoms with van der Waals surface area (Å²) in [5.74, 6) is 4.70. The van der Waals surface area contributed by atoms with Gasteiger partial charge in [-0.25, -0.2) is 19.3 Å². The van der Waals surface area contributed by atoms with E-state index in [1.807, 2.05) is 11.0 Å². The highest BCUT2D eigenvalue weighted by Gasteiger charge is 2.36. The summed E-state index contributed by atoms with van der Waals surface area (Å²) in [6.45, 7) is 6.25. The number of morpholine rings is 1. The minimum absolute atomic E-state index is 0.0800. The zero-order valence-corrected chi connectivity index (χ0v) is 25.5. The van der Waals surface area contributed by atoms with Gasteiger partial charge in [-0.05, 0) is 30.5 Å². The summed E-state index contributed by atoms with van der Waals surface area (Å²) in [7, 11) is 1.34. The van der Waals surface area contributed by atoms with E-state index in [0.717, 1.165) is 17.8 Å². The number of halogens is 3. The van der Waals surface area contributed by atoms with Gasteiger partial charge in [0.25, 0.3) is 0 Å². The van der Waals surface area contributed by atoms with Crippen molar-refractivity contribution in [2.24, 2.45) is 0 Å². The Morgan fingerprint density at radius 3 is 2.46 bits per heavy atom. The van der Waals surface area contributed by atoms with Crippen LogP contribution in [-0.4, -0.2) is 107 Å². The SMILES string of the molecule is CC#CC(=O)CCC(=O)N1CCN(Cc2cc3c(N4CCOCC4)nc(-c4cnc(NC(=O)NC)cc4C(F)(F)F)nn3c2)CC1. The van der Waals surface area contributed by atoms with Crippen LogP contribution >= 0.6 is 0 Å². The number of anilines is 2. The molecule has 2 aliphatic heterocycles. The number of Topliss-reactive ketones (excluding diaryl/α,β-unsaturated/α-hetero) is 1. The Morgan fingerprint density at radius 1 is 1.04 bits per heavy atom. The van der Waals surface area contributed by atoms with E-state index in [1.54, 1.807) is 18.0 Å². The molecule has 0 saturated carbocycles. The van der Waals surface area contributed by atoms with Crippen LogP contribution in [-0.2, 0) is 27.0 Å². The third-order valence-corrected chi connectivity index (χ3v) is 7.69. The van der Waals surface area contributed by atoms with E-state index >= 15 is 0 Å². The highest BCUT2D eigenvalue weighted by atomic mass is 19.4. The summed E-state index contributed by atoms with van der Waals surface area (Å²) in [5, 5.41) is 9.03. The first-order valence-electron chi connectivity index (χ1n) is 14.8. The van der Waals surface area contributed by atoms with E-state index in [4.69, 9.17) is 4.74 Å². The summed E-state index contributed by atoms with van der Waals surface area (Å²) in [6.07, 6.45) is -1.77. The Hall–Kier alpha value is -4.75. The largest absolute Gasteiger partial charge is 0.417 e. The summed E-state index contributed by atoms with van der Waals surface area (Å²) in [5.41, 5.74) is 0.145. The van der Waals surface area contributed by atoms with Crippen molar-refractivity contribution in [1.29, 1.82) is 0 Å². The van der Waals surface area contributed by atoms with Crippen LogP contribution in [0.3, 0.4) is 0 Å². The summed E-state index contributed by atoms with van der Waals surface area (Å²) >= 11 is 0. The highest BCUT2D eigenvalue weighted by molar-refractivity contribution is 5.97. The first-order chi connectivity index (χ1) is 22.0. The van der Waals surface area contributed by atoms with Gasteiger partial charge in [0, 0.05) is 78.1 Å². The fourth-order valence-corrected chi connectivity index (χ4v) is 5.36. The van der Waals surface area contributed by atoms with E-state index in [-0.39, 0.29) is 41.7 Å². The smallest absolute Gasteiger partial charge is 0.378 e. The second-order valence-electron chi connectivity index (χ2n) is 10.8. The molecule has 5 rings (SSSR count). The number of fused-ring (bicyclic) bond motifs is 1. The number of piperazine rings is 1. The first kappa shape index (κ1) is 32.6. The van der Waals surface area contributed by atoms with Gasteiger partial charge in [-0.2, -0.15) is 13.2 Å². The van der Waals surface area contributed by atoms with Gasteiger partial charge in [0.2, 0.25) is 11.7 Å². The molecule has 0 unspecified atom stereocenters. The molecule has 0 aliphatic carbocycles. The molecule has 0 bridgehead atoms. The molecule has 13 nitrogen and oxygen atoms in total. The number of nitrogens with one attached hydrogen (secondary N) is 2. The number of alkyl halides is 3. The molecule has 0 aromatic carbocycles. The normalized spacial score (nSPS) is 15.8. The fourth-order valence-electron chi connectivity index (χ4n) is 5.36. The molecule has 2 N–H and O–H groups in total. The van der Waals surface area contributed by atoms with Crippen LogP contribution in [0.5, 0.6) is 0 Å². The van der Waals surface area contributed by atoms with E-state index in [0.29, 0.717) is 70.4 Å². The zero-order valence-electron chi connectivity index (χ0n) is 25.5. The molecule has 2 aliphatic rings. The summed E-state index contributed by atoms with van der Waals surface area (Å²) in [4.78, 5) is 50.4. The van der Waals surface area contributed by atoms with E-state index < -0.39 is 17.8 Å². The lowest BCUT2D eigenvalue weighted by Crippen LogP contribution is -2.48. The molecular formula is C30H34F3N9O4. The lowest BCUT2D eigenvalue weighted by atomic mass is 10.1. The van der Waals surface area contributed by atoms with Crippen molar-refractivity contribution < 1.29 is 32.3 Å². The predicted octanol–water partition coefficient (Wildman–Crippen LogP) is 2.41. The predicted molar refractivity (Wildman–Crippen MR) is 162 cm³/mol. The Bertz CT molecular complexity index is 1670. The molecule has 0 spiro atoms. The number of pyridine rings is 1. The lowest BCUT2D eigenvalue weighted by Gasteiger charge is -2.34. The average Bonchev–Trinajstić information content (AvgIpc) is 3.46. The third-order valence-electron chi connectivity index (χ3n) is 7.69. The Balaban J connectivity index is 1.40. The average molecular weight is 642 g/mol. The van der Waals surface area contributed by atoms with Crippen molar-refractivity contribution in [3.8, 4) is 23.2 Å². The number of aromatic nitrogens is 4. The monoisotopic (exact) mass is 641 g/mol. The third kappa shape index (κ3) is 7.72. The molecule has 46 heavy (non-hydrogen) atoms. The molecule has 0 radical (unpaired) electrons. The van der Waals surface area contributed by atoms with Crippen molar-refractivity contribution in [3.05, 3.63) is 35.7 Å². The number of carbonyl (C=O) groups excluding carboxylic acids is 3. The quantitative estimate of drug-likeness (QED) is 0.281. The molecule has 2 saturated heterocycles. The van der Waals surface area contributed by atoms with Gasteiger partial charge < -0.3 is 19.9 Å². The van der Waals surface area contributed by atoms with Gasteiger partial charge in [0.1, 0.15) is 11.3 Å². The van der Waals surface area contributed by atoms with Crippen LogP contribution in [0.1, 0.15) is 30.9 Å². The van der Waals surface area contributed by atoms with Crippen molar-refractivity contribution >= 4 is 34.9 Å². The van der Waals surface area contributed by atoms with Crippen molar-refractivity contribution in [1.82, 2.24) is 34.7 Å². The fraction of sp³-hybridized carbons (Fsp3) is 0.467. The van der Waals surface area contributed by atoms with E-state index in [1.165, 1.54) is 11.6 Å². The molecule has 16 heteroatoms. The molecule has 5 heterocycles. The number of hydrogen-bond donors (Lipinski definition) is 2. The van der Waals surface area contributed by atoms with Gasteiger partial charge in [-0.1, -0.05) is 5.92 Å². The lowest BCUT2D eigenvalue weighted by molar-refractivity contribution is -0.137. The molecule has 2 fully saturated rings. The number of nitrogens with zero attached hydrogens (tertiary/aromatic N) is 7. The van der Waals surface area contributed by atoms with Crippen molar-refractivity contribution in [2.45, 2.75) is 32.5 Å². The van der Waals surface area contributed by atoms with Crippen LogP contribution in [0.2, 0.25) is 0 Å². The topological polar surface area (TPSA) is 137 Å². The van der Waals surface area contributed by atoms with Crippen LogP contribution in [0.15, 0.2) is 24.5 Å². The minimum atomic E-state index is -4.78. The van der Waals surface area contributed by atoms with Crippen LogP contribution in [0.25, 0.3) is 16.9 Å². The number of ether oxygens (including phenoxy) is 1. The Labute approximate surface area is 263 Å². The van der Waals surface area contributed by atoms with Crippen molar-refractivity contribution in [3.63, 3.8) is 0 Å². The molecule has 3 aromatic heterocycles. The number of carbonyl (C=O) groups is 3. The second kappa shape index (κ2) is 14.1. The maximum Gasteiger partial charge on any atom is 0.417 e. The molecule has 0 atom stereocenters. The second-order valence-corrected chi connectivity index (χ2v) is 10.8. The maximum atomic E-state index is 14.3. The van der Waals surface area contributed by atoms with E-state index in [2.05, 4.69) is 42.4 Å². The number of urea groups is 1. The molecule has 3 aromatic rings. The summed E-state index contributed by atoms with van der Waals surface area (Å²) < 4.78 is 49.8. The zero-order chi connectivity index (χ0) is 32.8. The van der Waals surface area contributed by atoms with E-state index in [9.17, 15) is 27.6 Å². The highest BCUT2D eigenvalue weighted by Crippen LogP contribution is 2.38. The maximum absolute atomic E-state index is 14.3. The standard InChI is InChI=1S/C30H34F3N9O4/c1-3-4-21(43)5-6-26(44)40-9-7-39(8-10-40)18-20-15-24-28(41-11-13-46-14-12-41)37-27(38-42(24)19-20)22-17-35-25(36-29(45)34-2)16-23(22)30(31,32)33/h15-17,19H,5-14,18H2,1-2H3,(H2,34,35,36,45). The molecule has 244 valence electrons. The minimum Gasteiger partial charge on any atom is -0.378 e. The van der Waals surface area contributed by atoms with Gasteiger partial charge in [-0.15, -0.1) is 5.10 Å². The number of amides is 3. The van der Waals surface area contributed by atoms with Gasteiger partial charge in [-0.3, -0.25) is 19.8 Å². The first-order valence-corrected chi connectivity index (χ1v) is 14.8. The number of hydrogen-bond acceptors (Lipinski definition) is 9. The number of ketones is 1. The summed E-state index contributed by atoms with van der Waals surface area (Å²) in [6, 6.07) is 1.98. The van der Waals surface area contributed by atoms with Crippen molar-refractivity contribution in [2.75, 3.05) is 69.7 Å². The Kier molecular flexibility index (Phi) is 10.0. The van der Waals surface area contributed by atoms with Crippen LogP contribution < -0.4 is 15.5 Å². The molecular weight excluding hydrogens is 607 g/mol. The number of rotatable bonds is 8. The van der Waals surface area contributed by atoms with Gasteiger partial charge in [0.05, 0.1) is 24.3 Å². The van der Waals surface area contributed by atoms with Crippen LogP contribution in [0, 0.1) is 11.8 Å². The molecule has 3 amide bonds.